The van der Waals surface area contributed by atoms with Crippen molar-refractivity contribution in [2.45, 2.75) is 11.4 Å². The van der Waals surface area contributed by atoms with E-state index in [1.54, 1.807) is 0 Å². The summed E-state index contributed by atoms with van der Waals surface area (Å²) in [6.45, 7) is 0. The number of aromatic nitrogens is 2. The van der Waals surface area contributed by atoms with E-state index in [0.717, 1.165) is 11.6 Å². The molecule has 0 saturated carbocycles. The normalized spacial score (nSPS) is 11.6. The van der Waals surface area contributed by atoms with Gasteiger partial charge in [0.1, 0.15) is 0 Å². The maximum absolute atomic E-state index is 4.41. The van der Waals surface area contributed by atoms with E-state index in [0.29, 0.717) is 0 Å². The average Bonchev–Trinajstić information content (AvgIpc) is 2.67. The van der Waals surface area contributed by atoms with E-state index in [-0.39, 0.29) is 0 Å². The molecule has 0 aliphatic carbocycles. The Morgan fingerprint density at radius 2 is 1.89 bits per heavy atom. The number of nitrogens with zero attached hydrogens (tertiary/aromatic N) is 4. The number of rotatable bonds is 3. The Morgan fingerprint density at radius 1 is 1.17 bits per heavy atom. The van der Waals surface area contributed by atoms with E-state index < -0.39 is 14.7 Å². The van der Waals surface area contributed by atoms with Crippen LogP contribution in [0.1, 0.15) is 0 Å². The van der Waals surface area contributed by atoms with Crippen LogP contribution in [0.15, 0.2) is 46.9 Å². The fourth-order valence-electron chi connectivity index (χ4n) is 1.75. The summed E-state index contributed by atoms with van der Waals surface area (Å²) in [5, 5.41) is 8.76. The second-order valence-electron chi connectivity index (χ2n) is 4.40. The predicted octanol–water partition coefficient (Wildman–Crippen LogP) is 2.23. The second-order valence-corrected chi connectivity index (χ2v) is 9.17. The van der Waals surface area contributed by atoms with Gasteiger partial charge in [-0.2, -0.15) is 0 Å². The summed E-state index contributed by atoms with van der Waals surface area (Å²) in [5.41, 5.74) is 5.62. The monoisotopic (exact) mass is 305 g/mol. The van der Waals surface area contributed by atoms with E-state index in [4.69, 9.17) is 0 Å². The van der Waals surface area contributed by atoms with Crippen LogP contribution >= 0.6 is 0 Å². The van der Waals surface area contributed by atoms with Gasteiger partial charge in [0.2, 0.25) is 0 Å². The molecular weight excluding hydrogens is 287 g/mol. The molecule has 0 aliphatic heterocycles. The zero-order valence-corrected chi connectivity index (χ0v) is 13.1. The Morgan fingerprint density at radius 3 is 2.50 bits per heavy atom. The van der Waals surface area contributed by atoms with Crippen molar-refractivity contribution < 1.29 is 4.57 Å². The van der Waals surface area contributed by atoms with Crippen molar-refractivity contribution in [3.8, 4) is 0 Å². The van der Waals surface area contributed by atoms with Crippen LogP contribution in [-0.2, 0) is 14.1 Å². The fourth-order valence-corrected chi connectivity index (χ4v) is 3.77. The molecule has 5 heteroatoms. The van der Waals surface area contributed by atoms with Crippen molar-refractivity contribution in [1.29, 1.82) is 0 Å². The molecule has 0 N–H and O–H groups in total. The minimum absolute atomic E-state index is 0.844. The molecular formula is C13H18AsN4+. The molecule has 0 amide bonds. The third-order valence-corrected chi connectivity index (χ3v) is 5.57. The third kappa shape index (κ3) is 2.70. The summed E-state index contributed by atoms with van der Waals surface area (Å²) in [6.07, 6.45) is 3.94. The summed E-state index contributed by atoms with van der Waals surface area (Å²) in [6, 6.07) is 8.29. The van der Waals surface area contributed by atoms with Gasteiger partial charge in [-0.1, -0.05) is 0 Å². The van der Waals surface area contributed by atoms with E-state index >= 15 is 0 Å². The van der Waals surface area contributed by atoms with Crippen LogP contribution in [0.5, 0.6) is 0 Å². The van der Waals surface area contributed by atoms with Crippen molar-refractivity contribution in [2.24, 2.45) is 24.3 Å². The van der Waals surface area contributed by atoms with E-state index in [1.165, 1.54) is 4.35 Å². The van der Waals surface area contributed by atoms with Gasteiger partial charge in [0, 0.05) is 0 Å². The Kier molecular flexibility index (Phi) is 3.97. The molecule has 0 saturated heterocycles. The quantitative estimate of drug-likeness (QED) is 0.473. The number of hydrogen-bond donors (Lipinski definition) is 0. The van der Waals surface area contributed by atoms with Crippen LogP contribution in [0.3, 0.4) is 0 Å². The first-order chi connectivity index (χ1) is 8.59. The molecule has 2 rings (SSSR count). The van der Waals surface area contributed by atoms with Gasteiger partial charge in [0.15, 0.2) is 0 Å². The Balaban J connectivity index is 2.35. The molecule has 4 nitrogen and oxygen atoms in total. The molecule has 0 unspecified atom stereocenters. The first-order valence-electron chi connectivity index (χ1n) is 5.78. The van der Waals surface area contributed by atoms with Gasteiger partial charge in [-0.3, -0.25) is 0 Å². The number of imidazole rings is 1. The molecule has 0 bridgehead atoms. The standard InChI is InChI=1S/C13H18AsN4/c1-14(2)11-7-5-6-8-12(11)15-16-13-17(3)9-10-18(13)4/h5-10H,1-4H3/q+1. The van der Waals surface area contributed by atoms with Gasteiger partial charge in [-0.25, -0.2) is 0 Å². The van der Waals surface area contributed by atoms with E-state index in [9.17, 15) is 0 Å². The first kappa shape index (κ1) is 13.0. The number of aryl methyl sites for hydroxylation is 2. The van der Waals surface area contributed by atoms with Crippen molar-refractivity contribution in [1.82, 2.24) is 4.57 Å². The summed E-state index contributed by atoms with van der Waals surface area (Å²) in [7, 11) is 3.94. The zero-order valence-electron chi connectivity index (χ0n) is 11.2. The van der Waals surface area contributed by atoms with Crippen LogP contribution in [0.2, 0.25) is 11.4 Å². The second kappa shape index (κ2) is 5.49. The first-order valence-corrected chi connectivity index (χ1v) is 10.5. The molecule has 1 heterocycles. The Labute approximate surface area is 112 Å². The fraction of sp³-hybridized carbons (Fsp3) is 0.308. The Hall–Kier alpha value is -1.41. The maximum atomic E-state index is 4.41. The number of benzene rings is 1. The van der Waals surface area contributed by atoms with Gasteiger partial charge in [0.25, 0.3) is 0 Å². The van der Waals surface area contributed by atoms with Gasteiger partial charge >= 0.3 is 112 Å². The van der Waals surface area contributed by atoms with E-state index in [1.807, 2.05) is 47.8 Å². The van der Waals surface area contributed by atoms with Crippen molar-refractivity contribution >= 4 is 30.6 Å². The van der Waals surface area contributed by atoms with Crippen molar-refractivity contribution in [3.63, 3.8) is 0 Å². The summed E-state index contributed by atoms with van der Waals surface area (Å²) >= 11 is -0.936. The summed E-state index contributed by atoms with van der Waals surface area (Å²) in [4.78, 5) is 0. The van der Waals surface area contributed by atoms with Gasteiger partial charge in [0.05, 0.1) is 0 Å². The summed E-state index contributed by atoms with van der Waals surface area (Å²) in [5.74, 6) is 0.844. The third-order valence-electron chi connectivity index (χ3n) is 2.76. The van der Waals surface area contributed by atoms with Crippen LogP contribution in [0.4, 0.5) is 11.6 Å². The molecule has 1 aromatic heterocycles. The molecule has 94 valence electrons. The molecule has 1 aromatic carbocycles. The van der Waals surface area contributed by atoms with Crippen molar-refractivity contribution in [3.05, 3.63) is 36.7 Å². The predicted molar refractivity (Wildman–Crippen MR) is 74.3 cm³/mol. The van der Waals surface area contributed by atoms with Crippen molar-refractivity contribution in [2.75, 3.05) is 0 Å². The summed E-state index contributed by atoms with van der Waals surface area (Å²) < 4.78 is 5.28. The molecule has 0 atom stereocenters. The molecule has 0 radical (unpaired) electrons. The Bertz CT molecular complexity index is 553. The van der Waals surface area contributed by atoms with Crippen LogP contribution in [0, 0.1) is 0 Å². The zero-order chi connectivity index (χ0) is 13.1. The SMILES string of the molecule is Cn1cc[n+](C)c1N=Nc1ccccc1[As](C)C. The molecule has 0 spiro atoms. The average molecular weight is 305 g/mol. The molecule has 18 heavy (non-hydrogen) atoms. The van der Waals surface area contributed by atoms with Gasteiger partial charge in [-0.15, -0.1) is 0 Å². The van der Waals surface area contributed by atoms with Crippen LogP contribution in [-0.4, -0.2) is 19.2 Å². The van der Waals surface area contributed by atoms with Crippen LogP contribution in [0.25, 0.3) is 0 Å². The van der Waals surface area contributed by atoms with Gasteiger partial charge < -0.3 is 0 Å². The van der Waals surface area contributed by atoms with Crippen LogP contribution < -0.4 is 8.92 Å². The number of azo groups is 1. The molecule has 2 aromatic rings. The number of hydrogen-bond acceptors (Lipinski definition) is 2. The topological polar surface area (TPSA) is 33.5 Å². The molecule has 0 fully saturated rings. The minimum atomic E-state index is -0.936. The van der Waals surface area contributed by atoms with E-state index in [2.05, 4.69) is 33.8 Å². The molecule has 0 aliphatic rings. The van der Waals surface area contributed by atoms with Gasteiger partial charge in [-0.05, 0) is 0 Å².